The summed E-state index contributed by atoms with van der Waals surface area (Å²) in [4.78, 5) is 31.9. The summed E-state index contributed by atoms with van der Waals surface area (Å²) in [5.41, 5.74) is 2.19. The summed E-state index contributed by atoms with van der Waals surface area (Å²) in [6, 6.07) is 17.1. The number of carbonyl (C=O) groups is 2. The number of aliphatic hydroxyl groups is 1. The Morgan fingerprint density at radius 2 is 1.83 bits per heavy atom. The molecule has 0 radical (unpaired) electrons. The first-order chi connectivity index (χ1) is 14.5. The molecule has 0 spiro atoms. The largest absolute Gasteiger partial charge is 0.507 e. The Balaban J connectivity index is 1.71. The first kappa shape index (κ1) is 18.3. The first-order valence-electron chi connectivity index (χ1n) is 9.31. The fraction of sp³-hybridized carbons (Fsp3) is 0.0870. The van der Waals surface area contributed by atoms with E-state index in [2.05, 4.69) is 4.98 Å². The van der Waals surface area contributed by atoms with Crippen LogP contribution in [0.15, 0.2) is 76.9 Å². The maximum atomic E-state index is 13.0. The Labute approximate surface area is 175 Å². The van der Waals surface area contributed by atoms with Crippen LogP contribution >= 0.6 is 11.3 Å². The Kier molecular flexibility index (Phi) is 4.25. The van der Waals surface area contributed by atoms with Gasteiger partial charge >= 0.3 is 5.91 Å². The van der Waals surface area contributed by atoms with E-state index in [4.69, 9.17) is 4.42 Å². The second kappa shape index (κ2) is 6.96. The van der Waals surface area contributed by atoms with Crippen molar-refractivity contribution in [1.82, 2.24) is 4.98 Å². The molecule has 1 amide bonds. The molecule has 1 aliphatic rings. The molecule has 3 heterocycles. The van der Waals surface area contributed by atoms with E-state index in [0.717, 1.165) is 15.8 Å². The third kappa shape index (κ3) is 2.83. The third-order valence-corrected chi connectivity index (χ3v) is 6.11. The zero-order valence-electron chi connectivity index (χ0n) is 15.9. The van der Waals surface area contributed by atoms with Crippen molar-refractivity contribution in [1.29, 1.82) is 0 Å². The molecule has 0 aliphatic carbocycles. The van der Waals surface area contributed by atoms with E-state index in [1.165, 1.54) is 22.5 Å². The molecule has 6 nitrogen and oxygen atoms in total. The van der Waals surface area contributed by atoms with Gasteiger partial charge in [0.15, 0.2) is 5.13 Å². The van der Waals surface area contributed by atoms with Crippen LogP contribution in [0.1, 0.15) is 22.9 Å². The van der Waals surface area contributed by atoms with E-state index in [-0.39, 0.29) is 11.3 Å². The van der Waals surface area contributed by atoms with Gasteiger partial charge < -0.3 is 9.52 Å². The SMILES string of the molecule is Cc1ccc(/C(O)=C2\C(=O)C(=O)N(c3nc4ccccc4s3)C2c2ccco2)cc1. The summed E-state index contributed by atoms with van der Waals surface area (Å²) in [6.45, 7) is 1.93. The van der Waals surface area contributed by atoms with Gasteiger partial charge in [-0.1, -0.05) is 53.3 Å². The number of benzene rings is 2. The lowest BCUT2D eigenvalue weighted by atomic mass is 9.99. The zero-order chi connectivity index (χ0) is 20.8. The van der Waals surface area contributed by atoms with Crippen molar-refractivity contribution in [2.24, 2.45) is 0 Å². The molecule has 1 N–H and O–H groups in total. The molecule has 30 heavy (non-hydrogen) atoms. The van der Waals surface area contributed by atoms with Gasteiger partial charge in [-0.15, -0.1) is 0 Å². The lowest BCUT2D eigenvalue weighted by molar-refractivity contribution is -0.132. The second-order valence-electron chi connectivity index (χ2n) is 7.01. The van der Waals surface area contributed by atoms with Crippen LogP contribution in [0.4, 0.5) is 5.13 Å². The molecule has 4 aromatic rings. The summed E-state index contributed by atoms with van der Waals surface area (Å²) in [6.07, 6.45) is 1.47. The Morgan fingerprint density at radius 3 is 2.53 bits per heavy atom. The zero-order valence-corrected chi connectivity index (χ0v) is 16.7. The number of fused-ring (bicyclic) bond motifs is 1. The number of anilines is 1. The predicted octanol–water partition coefficient (Wildman–Crippen LogP) is 4.82. The number of rotatable bonds is 3. The van der Waals surface area contributed by atoms with E-state index in [1.54, 1.807) is 24.3 Å². The number of aromatic nitrogens is 1. The lowest BCUT2D eigenvalue weighted by Gasteiger charge is -2.20. The van der Waals surface area contributed by atoms with Gasteiger partial charge in [0.25, 0.3) is 5.78 Å². The topological polar surface area (TPSA) is 83.6 Å². The highest BCUT2D eigenvalue weighted by Gasteiger charge is 2.49. The summed E-state index contributed by atoms with van der Waals surface area (Å²) < 4.78 is 6.46. The van der Waals surface area contributed by atoms with Crippen LogP contribution < -0.4 is 4.90 Å². The standard InChI is InChI=1S/C23H16N2O4S/c1-13-8-10-14(11-9-13)20(26)18-19(16-6-4-12-29-16)25(22(28)21(18)27)23-24-15-5-2-3-7-17(15)30-23/h2-12,19,26H,1H3/b20-18+. The van der Waals surface area contributed by atoms with Gasteiger partial charge in [0.05, 0.1) is 22.1 Å². The number of ketones is 1. The van der Waals surface area contributed by atoms with Crippen molar-refractivity contribution in [2.75, 3.05) is 4.90 Å². The van der Waals surface area contributed by atoms with Crippen molar-refractivity contribution in [2.45, 2.75) is 13.0 Å². The van der Waals surface area contributed by atoms with Crippen LogP contribution in [0.5, 0.6) is 0 Å². The Bertz CT molecular complexity index is 1270. The van der Waals surface area contributed by atoms with Gasteiger partial charge in [-0.25, -0.2) is 4.98 Å². The minimum absolute atomic E-state index is 0.0157. The molecule has 7 heteroatoms. The number of nitrogens with zero attached hydrogens (tertiary/aromatic N) is 2. The Morgan fingerprint density at radius 1 is 1.07 bits per heavy atom. The number of carbonyl (C=O) groups excluding carboxylic acids is 2. The highest BCUT2D eigenvalue weighted by molar-refractivity contribution is 7.22. The van der Waals surface area contributed by atoms with Crippen molar-refractivity contribution in [3.8, 4) is 0 Å². The van der Waals surface area contributed by atoms with Gasteiger partial charge in [0.1, 0.15) is 17.6 Å². The minimum atomic E-state index is -0.901. The molecule has 2 aromatic heterocycles. The van der Waals surface area contributed by atoms with E-state index in [0.29, 0.717) is 16.5 Å². The number of Topliss-reactive ketones (excluding diaryl/α,β-unsaturated/α-hetero) is 1. The molecule has 1 atom stereocenters. The normalized spacial score (nSPS) is 18.4. The number of hydrogen-bond donors (Lipinski definition) is 1. The molecular weight excluding hydrogens is 400 g/mol. The Hall–Kier alpha value is -3.71. The van der Waals surface area contributed by atoms with Gasteiger partial charge in [-0.05, 0) is 31.2 Å². The molecular formula is C23H16N2O4S. The molecule has 1 aliphatic heterocycles. The quantitative estimate of drug-likeness (QED) is 0.294. The van der Waals surface area contributed by atoms with Crippen LogP contribution in [0.25, 0.3) is 16.0 Å². The van der Waals surface area contributed by atoms with Crippen LogP contribution in [-0.4, -0.2) is 21.8 Å². The fourth-order valence-corrected chi connectivity index (χ4v) is 4.57. The van der Waals surface area contributed by atoms with Crippen LogP contribution in [0.2, 0.25) is 0 Å². The molecule has 1 fully saturated rings. The van der Waals surface area contributed by atoms with Crippen molar-refractivity contribution < 1.29 is 19.1 Å². The number of furan rings is 1. The van der Waals surface area contributed by atoms with Crippen molar-refractivity contribution in [3.63, 3.8) is 0 Å². The second-order valence-corrected chi connectivity index (χ2v) is 8.02. The summed E-state index contributed by atoms with van der Waals surface area (Å²) in [5.74, 6) is -1.38. The minimum Gasteiger partial charge on any atom is -0.507 e. The van der Waals surface area contributed by atoms with Crippen molar-refractivity contribution in [3.05, 3.63) is 89.4 Å². The summed E-state index contributed by atoms with van der Waals surface area (Å²) in [5, 5.41) is 11.4. The summed E-state index contributed by atoms with van der Waals surface area (Å²) >= 11 is 1.31. The molecule has 2 aromatic carbocycles. The highest BCUT2D eigenvalue weighted by Crippen LogP contribution is 2.44. The third-order valence-electron chi connectivity index (χ3n) is 5.07. The molecule has 1 saturated heterocycles. The number of aliphatic hydroxyl groups excluding tert-OH is 1. The number of amides is 1. The van der Waals surface area contributed by atoms with Gasteiger partial charge in [-0.3, -0.25) is 14.5 Å². The van der Waals surface area contributed by atoms with Crippen LogP contribution in [0.3, 0.4) is 0 Å². The van der Waals surface area contributed by atoms with Gasteiger partial charge in [0, 0.05) is 5.56 Å². The number of para-hydroxylation sites is 1. The molecule has 5 rings (SSSR count). The maximum Gasteiger partial charge on any atom is 0.302 e. The van der Waals surface area contributed by atoms with E-state index < -0.39 is 17.7 Å². The molecule has 0 bridgehead atoms. The van der Waals surface area contributed by atoms with E-state index >= 15 is 0 Å². The molecule has 1 unspecified atom stereocenters. The fourth-order valence-electron chi connectivity index (χ4n) is 3.58. The van der Waals surface area contributed by atoms with Crippen LogP contribution in [0, 0.1) is 6.92 Å². The predicted molar refractivity (Wildman–Crippen MR) is 114 cm³/mol. The smallest absolute Gasteiger partial charge is 0.302 e. The lowest BCUT2D eigenvalue weighted by Crippen LogP contribution is -2.29. The number of aryl methyl sites for hydroxylation is 1. The highest BCUT2D eigenvalue weighted by atomic mass is 32.1. The maximum absolute atomic E-state index is 13.0. The van der Waals surface area contributed by atoms with Gasteiger partial charge in [-0.2, -0.15) is 0 Å². The summed E-state index contributed by atoms with van der Waals surface area (Å²) in [7, 11) is 0. The number of thiazole rings is 1. The monoisotopic (exact) mass is 416 g/mol. The molecule has 0 saturated carbocycles. The average Bonchev–Trinajstić information content (AvgIpc) is 3.47. The van der Waals surface area contributed by atoms with Crippen molar-refractivity contribution >= 4 is 44.1 Å². The van der Waals surface area contributed by atoms with Gasteiger partial charge in [0.2, 0.25) is 0 Å². The van der Waals surface area contributed by atoms with E-state index in [1.807, 2.05) is 43.3 Å². The molecule has 148 valence electrons. The number of hydrogen-bond acceptors (Lipinski definition) is 6. The van der Waals surface area contributed by atoms with E-state index in [9.17, 15) is 14.7 Å². The average molecular weight is 416 g/mol. The van der Waals surface area contributed by atoms with Crippen LogP contribution in [-0.2, 0) is 9.59 Å². The first-order valence-corrected chi connectivity index (χ1v) is 10.1.